The van der Waals surface area contributed by atoms with Crippen LogP contribution in [0.2, 0.25) is 0 Å². The Bertz CT molecular complexity index is 600. The van der Waals surface area contributed by atoms with Crippen LogP contribution in [0.25, 0.3) is 0 Å². The van der Waals surface area contributed by atoms with Gasteiger partial charge in [-0.1, -0.05) is 0 Å². The summed E-state index contributed by atoms with van der Waals surface area (Å²) in [6, 6.07) is 0.242. The fourth-order valence-corrected chi connectivity index (χ4v) is 3.85. The van der Waals surface area contributed by atoms with Crippen molar-refractivity contribution in [3.63, 3.8) is 0 Å². The van der Waals surface area contributed by atoms with Crippen molar-refractivity contribution < 1.29 is 9.53 Å². The Balaban J connectivity index is 1.51. The van der Waals surface area contributed by atoms with Crippen LogP contribution in [-0.2, 0) is 4.74 Å². The fourth-order valence-electron chi connectivity index (χ4n) is 3.85. The van der Waals surface area contributed by atoms with E-state index in [1.165, 1.54) is 25.6 Å². The first kappa shape index (κ1) is 14.1. The molecule has 5 heteroatoms. The number of amides is 1. The second-order valence-corrected chi connectivity index (χ2v) is 7.04. The number of carbonyl (C=O) groups excluding carboxylic acids is 1. The zero-order valence-electron chi connectivity index (χ0n) is 13.3. The van der Waals surface area contributed by atoms with Crippen LogP contribution >= 0.6 is 0 Å². The zero-order valence-corrected chi connectivity index (χ0v) is 13.3. The van der Waals surface area contributed by atoms with Crippen LogP contribution in [0.5, 0.6) is 0 Å². The van der Waals surface area contributed by atoms with E-state index in [9.17, 15) is 4.79 Å². The summed E-state index contributed by atoms with van der Waals surface area (Å²) in [6.45, 7) is 5.55. The predicted octanol–water partition coefficient (Wildman–Crippen LogP) is 2.12. The summed E-state index contributed by atoms with van der Waals surface area (Å²) in [5.41, 5.74) is 2.33. The summed E-state index contributed by atoms with van der Waals surface area (Å²) in [5, 5.41) is 0. The highest BCUT2D eigenvalue weighted by molar-refractivity contribution is 5.94. The number of aromatic nitrogens is 2. The van der Waals surface area contributed by atoms with E-state index < -0.39 is 0 Å². The molecule has 1 aromatic heterocycles. The van der Waals surface area contributed by atoms with Crippen molar-refractivity contribution in [2.24, 2.45) is 11.8 Å². The van der Waals surface area contributed by atoms with Crippen LogP contribution in [0.4, 0.5) is 0 Å². The summed E-state index contributed by atoms with van der Waals surface area (Å²) in [6.07, 6.45) is 6.60. The lowest BCUT2D eigenvalue weighted by molar-refractivity contribution is 0.0207. The SMILES string of the molecule is Cc1ncnc(C(=O)N2CC3CCC2C3OCC2CC2)c1C. The number of piperidine rings is 1. The van der Waals surface area contributed by atoms with Crippen LogP contribution in [0.1, 0.15) is 47.4 Å². The molecule has 2 saturated carbocycles. The number of carbonyl (C=O) groups is 1. The Kier molecular flexibility index (Phi) is 3.40. The van der Waals surface area contributed by atoms with Gasteiger partial charge in [0.2, 0.25) is 0 Å². The molecular formula is C17H23N3O2. The van der Waals surface area contributed by atoms with Gasteiger partial charge in [-0.15, -0.1) is 0 Å². The zero-order chi connectivity index (χ0) is 15.3. The number of nitrogens with zero attached hydrogens (tertiary/aromatic N) is 3. The van der Waals surface area contributed by atoms with Crippen LogP contribution in [0.3, 0.4) is 0 Å². The minimum Gasteiger partial charge on any atom is -0.375 e. The molecule has 22 heavy (non-hydrogen) atoms. The molecule has 118 valence electrons. The summed E-state index contributed by atoms with van der Waals surface area (Å²) < 4.78 is 6.16. The van der Waals surface area contributed by atoms with E-state index in [2.05, 4.69) is 9.97 Å². The molecule has 3 unspecified atom stereocenters. The first-order valence-electron chi connectivity index (χ1n) is 8.36. The molecule has 1 saturated heterocycles. The van der Waals surface area contributed by atoms with Gasteiger partial charge in [0.05, 0.1) is 12.1 Å². The molecule has 3 fully saturated rings. The smallest absolute Gasteiger partial charge is 0.273 e. The van der Waals surface area contributed by atoms with Crippen molar-refractivity contribution in [3.8, 4) is 0 Å². The Hall–Kier alpha value is -1.49. The Morgan fingerprint density at radius 3 is 2.86 bits per heavy atom. The molecule has 3 atom stereocenters. The maximum Gasteiger partial charge on any atom is 0.273 e. The van der Waals surface area contributed by atoms with Crippen LogP contribution in [-0.4, -0.2) is 46.1 Å². The number of hydrogen-bond donors (Lipinski definition) is 0. The van der Waals surface area contributed by atoms with Gasteiger partial charge in [0.1, 0.15) is 12.0 Å². The Morgan fingerprint density at radius 2 is 2.09 bits per heavy atom. The van der Waals surface area contributed by atoms with Gasteiger partial charge < -0.3 is 9.64 Å². The van der Waals surface area contributed by atoms with Crippen molar-refractivity contribution in [3.05, 3.63) is 23.3 Å². The monoisotopic (exact) mass is 301 g/mol. The van der Waals surface area contributed by atoms with Crippen molar-refractivity contribution in [1.82, 2.24) is 14.9 Å². The number of hydrogen-bond acceptors (Lipinski definition) is 4. The van der Waals surface area contributed by atoms with Crippen molar-refractivity contribution >= 4 is 5.91 Å². The first-order chi connectivity index (χ1) is 10.6. The van der Waals surface area contributed by atoms with E-state index in [-0.39, 0.29) is 18.1 Å². The lowest BCUT2D eigenvalue weighted by Crippen LogP contribution is -2.40. The van der Waals surface area contributed by atoms with E-state index in [0.717, 1.165) is 36.7 Å². The average Bonchev–Trinajstić information content (AvgIpc) is 3.20. The summed E-state index contributed by atoms with van der Waals surface area (Å²) >= 11 is 0. The quantitative estimate of drug-likeness (QED) is 0.855. The molecule has 2 heterocycles. The standard InChI is InChI=1S/C17H23N3O2/c1-10-11(2)18-9-19-15(10)17(21)20-7-13-5-6-14(20)16(13)22-8-12-3-4-12/h9,12-14,16H,3-8H2,1-2H3. The third-order valence-corrected chi connectivity index (χ3v) is 5.53. The molecule has 2 bridgehead atoms. The number of likely N-dealkylation sites (tertiary alicyclic amines) is 1. The number of ether oxygens (including phenoxy) is 1. The molecule has 1 aliphatic heterocycles. The van der Waals surface area contributed by atoms with Gasteiger partial charge in [0, 0.05) is 30.3 Å². The highest BCUT2D eigenvalue weighted by Gasteiger charge is 2.50. The van der Waals surface area contributed by atoms with Gasteiger partial charge in [0.25, 0.3) is 5.91 Å². The van der Waals surface area contributed by atoms with Gasteiger partial charge in [-0.05, 0) is 45.4 Å². The van der Waals surface area contributed by atoms with E-state index in [4.69, 9.17) is 4.74 Å². The molecule has 0 spiro atoms. The number of aryl methyl sites for hydroxylation is 1. The highest BCUT2D eigenvalue weighted by Crippen LogP contribution is 2.41. The normalized spacial score (nSPS) is 30.1. The topological polar surface area (TPSA) is 55.3 Å². The third-order valence-electron chi connectivity index (χ3n) is 5.53. The fraction of sp³-hybridized carbons (Fsp3) is 0.706. The van der Waals surface area contributed by atoms with Gasteiger partial charge >= 0.3 is 0 Å². The second kappa shape index (κ2) is 5.30. The Labute approximate surface area is 131 Å². The molecule has 2 aliphatic carbocycles. The van der Waals surface area contributed by atoms with Gasteiger partial charge in [0.15, 0.2) is 0 Å². The molecule has 3 aliphatic rings. The van der Waals surface area contributed by atoms with Crippen LogP contribution < -0.4 is 0 Å². The molecule has 4 rings (SSSR count). The number of rotatable bonds is 4. The van der Waals surface area contributed by atoms with E-state index >= 15 is 0 Å². The third kappa shape index (κ3) is 2.32. The minimum absolute atomic E-state index is 0.0511. The van der Waals surface area contributed by atoms with Crippen LogP contribution in [0.15, 0.2) is 6.33 Å². The van der Waals surface area contributed by atoms with Crippen LogP contribution in [0, 0.1) is 25.7 Å². The molecule has 1 amide bonds. The van der Waals surface area contributed by atoms with Gasteiger partial charge in [-0.2, -0.15) is 0 Å². The maximum absolute atomic E-state index is 12.9. The highest BCUT2D eigenvalue weighted by atomic mass is 16.5. The van der Waals surface area contributed by atoms with Gasteiger partial charge in [-0.25, -0.2) is 9.97 Å². The molecule has 0 N–H and O–H groups in total. The molecule has 0 aromatic carbocycles. The number of fused-ring (bicyclic) bond motifs is 2. The summed E-state index contributed by atoms with van der Waals surface area (Å²) in [5.74, 6) is 1.34. The maximum atomic E-state index is 12.9. The lowest BCUT2D eigenvalue weighted by Gasteiger charge is -2.27. The minimum atomic E-state index is 0.0511. The van der Waals surface area contributed by atoms with Gasteiger partial charge in [-0.3, -0.25) is 4.79 Å². The van der Waals surface area contributed by atoms with Crippen molar-refractivity contribution in [1.29, 1.82) is 0 Å². The molecule has 5 nitrogen and oxygen atoms in total. The van der Waals surface area contributed by atoms with Crippen molar-refractivity contribution in [2.75, 3.05) is 13.2 Å². The molecule has 0 radical (unpaired) electrons. The molecular weight excluding hydrogens is 278 g/mol. The molecule has 1 aromatic rings. The first-order valence-corrected chi connectivity index (χ1v) is 8.36. The lowest BCUT2D eigenvalue weighted by atomic mass is 10.1. The summed E-state index contributed by atoms with van der Waals surface area (Å²) in [7, 11) is 0. The summed E-state index contributed by atoms with van der Waals surface area (Å²) in [4.78, 5) is 23.3. The van der Waals surface area contributed by atoms with E-state index in [1.54, 1.807) is 0 Å². The van der Waals surface area contributed by atoms with E-state index in [0.29, 0.717) is 11.6 Å². The van der Waals surface area contributed by atoms with E-state index in [1.807, 2.05) is 18.7 Å². The average molecular weight is 301 g/mol. The second-order valence-electron chi connectivity index (χ2n) is 7.04. The largest absolute Gasteiger partial charge is 0.375 e. The van der Waals surface area contributed by atoms with Crippen molar-refractivity contribution in [2.45, 2.75) is 51.7 Å². The Morgan fingerprint density at radius 1 is 1.27 bits per heavy atom. The predicted molar refractivity (Wildman–Crippen MR) is 81.5 cm³/mol.